The van der Waals surface area contributed by atoms with Crippen molar-refractivity contribution in [2.45, 2.75) is 33.6 Å². The summed E-state index contributed by atoms with van der Waals surface area (Å²) in [5.74, 6) is -2.52. The van der Waals surface area contributed by atoms with E-state index in [1.165, 1.54) is 0 Å². The van der Waals surface area contributed by atoms with Crippen LogP contribution in [0, 0.1) is 5.41 Å². The highest BCUT2D eigenvalue weighted by molar-refractivity contribution is 4.94. The molecule has 0 spiro atoms. The van der Waals surface area contributed by atoms with Gasteiger partial charge in [0.1, 0.15) is 0 Å². The predicted molar refractivity (Wildman–Crippen MR) is 42.9 cm³/mol. The van der Waals surface area contributed by atoms with E-state index >= 15 is 0 Å². The minimum atomic E-state index is -2.52. The summed E-state index contributed by atoms with van der Waals surface area (Å²) >= 11 is 0. The first-order valence-electron chi connectivity index (χ1n) is 4.04. The number of alkyl halides is 2. The zero-order chi connectivity index (χ0) is 9.12. The van der Waals surface area contributed by atoms with Crippen LogP contribution in [0.4, 0.5) is 8.78 Å². The van der Waals surface area contributed by atoms with E-state index in [4.69, 9.17) is 0 Å². The van der Waals surface area contributed by atoms with E-state index < -0.39 is 11.3 Å². The summed E-state index contributed by atoms with van der Waals surface area (Å²) in [6, 6.07) is 0. The van der Waals surface area contributed by atoms with Crippen LogP contribution in [0.3, 0.4) is 0 Å². The lowest BCUT2D eigenvalue weighted by Gasteiger charge is -2.24. The fourth-order valence-corrected chi connectivity index (χ4v) is 0.901. The van der Waals surface area contributed by atoms with Crippen LogP contribution >= 0.6 is 0 Å². The molecule has 1 nitrogen and oxygen atoms in total. The van der Waals surface area contributed by atoms with Gasteiger partial charge in [-0.2, -0.15) is 0 Å². The van der Waals surface area contributed by atoms with Crippen LogP contribution in [0.25, 0.3) is 0 Å². The molecule has 1 fully saturated rings. The smallest absolute Gasteiger partial charge is 0.266 e. The second-order valence-corrected chi connectivity index (χ2v) is 3.19. The van der Waals surface area contributed by atoms with Crippen LogP contribution in [0.15, 0.2) is 0 Å². The summed E-state index contributed by atoms with van der Waals surface area (Å²) in [4.78, 5) is 0. The molecule has 1 aliphatic heterocycles. The highest BCUT2D eigenvalue weighted by Crippen LogP contribution is 2.38. The molecule has 0 aromatic rings. The molecule has 0 aromatic carbocycles. The number of nitrogens with one attached hydrogen (secondary N) is 1. The average molecular weight is 165 g/mol. The Hall–Kier alpha value is -0.180. The maximum Gasteiger partial charge on any atom is 0.266 e. The van der Waals surface area contributed by atoms with Gasteiger partial charge >= 0.3 is 0 Å². The van der Waals surface area contributed by atoms with Crippen molar-refractivity contribution < 1.29 is 8.78 Å². The van der Waals surface area contributed by atoms with E-state index in [0.717, 1.165) is 0 Å². The Kier molecular flexibility index (Phi) is 3.42. The first kappa shape index (κ1) is 10.8. The zero-order valence-corrected chi connectivity index (χ0v) is 7.67. The predicted octanol–water partition coefficient (Wildman–Crippen LogP) is 2.28. The summed E-state index contributed by atoms with van der Waals surface area (Å²) in [6.07, 6.45) is 0. The van der Waals surface area contributed by atoms with Crippen LogP contribution in [0.5, 0.6) is 0 Å². The van der Waals surface area contributed by atoms with Gasteiger partial charge in [0, 0.05) is 12.0 Å². The molecule has 0 bridgehead atoms. The topological polar surface area (TPSA) is 12.0 Å². The van der Waals surface area contributed by atoms with Crippen molar-refractivity contribution in [1.29, 1.82) is 0 Å². The third-order valence-electron chi connectivity index (χ3n) is 1.90. The van der Waals surface area contributed by atoms with E-state index in [1.54, 1.807) is 13.8 Å². The quantitative estimate of drug-likeness (QED) is 0.580. The second-order valence-electron chi connectivity index (χ2n) is 3.19. The maximum absolute atomic E-state index is 12.7. The minimum Gasteiger partial charge on any atom is -0.310 e. The fourth-order valence-electron chi connectivity index (χ4n) is 0.901. The van der Waals surface area contributed by atoms with Crippen LogP contribution < -0.4 is 5.32 Å². The van der Waals surface area contributed by atoms with Crippen molar-refractivity contribution in [3.05, 3.63) is 0 Å². The molecular weight excluding hydrogens is 148 g/mol. The van der Waals surface area contributed by atoms with E-state index in [-0.39, 0.29) is 6.54 Å². The number of hydrogen-bond donors (Lipinski definition) is 1. The Morgan fingerprint density at radius 1 is 1.09 bits per heavy atom. The molecule has 0 radical (unpaired) electrons. The first-order valence-corrected chi connectivity index (χ1v) is 4.04. The van der Waals surface area contributed by atoms with Gasteiger partial charge in [0.25, 0.3) is 5.92 Å². The molecule has 3 heteroatoms. The van der Waals surface area contributed by atoms with Gasteiger partial charge < -0.3 is 5.32 Å². The van der Waals surface area contributed by atoms with Crippen LogP contribution in [0.1, 0.15) is 27.7 Å². The van der Waals surface area contributed by atoms with Gasteiger partial charge in [-0.25, -0.2) is 8.78 Å². The lowest BCUT2D eigenvalue weighted by Crippen LogP contribution is -2.34. The molecule has 1 heterocycles. The van der Waals surface area contributed by atoms with Gasteiger partial charge in [-0.3, -0.25) is 0 Å². The van der Waals surface area contributed by atoms with Gasteiger partial charge in [0.05, 0.1) is 6.54 Å². The summed E-state index contributed by atoms with van der Waals surface area (Å²) in [7, 11) is 0. The number of halogens is 2. The molecule has 11 heavy (non-hydrogen) atoms. The SMILES string of the molecule is CC.CC1(C)CNCC1(F)F. The van der Waals surface area contributed by atoms with Gasteiger partial charge in [-0.1, -0.05) is 27.7 Å². The molecule has 1 aliphatic rings. The molecule has 1 N–H and O–H groups in total. The molecule has 0 aromatic heterocycles. The Balaban J connectivity index is 0.000000461. The molecule has 0 amide bonds. The average Bonchev–Trinajstić information content (AvgIpc) is 2.12. The lowest BCUT2D eigenvalue weighted by atomic mass is 9.89. The highest BCUT2D eigenvalue weighted by Gasteiger charge is 2.50. The van der Waals surface area contributed by atoms with Crippen molar-refractivity contribution in [2.75, 3.05) is 13.1 Å². The highest BCUT2D eigenvalue weighted by atomic mass is 19.3. The van der Waals surface area contributed by atoms with Crippen molar-refractivity contribution in [3.63, 3.8) is 0 Å². The molecule has 0 atom stereocenters. The molecular formula is C8H17F2N. The van der Waals surface area contributed by atoms with E-state index in [0.29, 0.717) is 6.54 Å². The Morgan fingerprint density at radius 3 is 1.64 bits per heavy atom. The van der Waals surface area contributed by atoms with Crippen molar-refractivity contribution in [3.8, 4) is 0 Å². The molecule has 1 saturated heterocycles. The standard InChI is InChI=1S/C6H11F2N.C2H6/c1-5(2)3-9-4-6(5,7)8;1-2/h9H,3-4H2,1-2H3;1-2H3. The monoisotopic (exact) mass is 165 g/mol. The summed E-state index contributed by atoms with van der Waals surface area (Å²) < 4.78 is 25.3. The van der Waals surface area contributed by atoms with Crippen molar-refractivity contribution in [2.24, 2.45) is 5.41 Å². The Labute approximate surface area is 67.2 Å². The van der Waals surface area contributed by atoms with E-state index in [9.17, 15) is 8.78 Å². The van der Waals surface area contributed by atoms with Crippen molar-refractivity contribution in [1.82, 2.24) is 5.32 Å². The largest absolute Gasteiger partial charge is 0.310 e. The molecule has 1 rings (SSSR count). The maximum atomic E-state index is 12.7. The van der Waals surface area contributed by atoms with Crippen LogP contribution in [-0.2, 0) is 0 Å². The third-order valence-corrected chi connectivity index (χ3v) is 1.90. The molecule has 0 unspecified atom stereocenters. The molecule has 0 saturated carbocycles. The Morgan fingerprint density at radius 2 is 1.55 bits per heavy atom. The van der Waals surface area contributed by atoms with E-state index in [1.807, 2.05) is 13.8 Å². The number of rotatable bonds is 0. The third kappa shape index (κ3) is 2.12. The van der Waals surface area contributed by atoms with Gasteiger partial charge in [0.15, 0.2) is 0 Å². The summed E-state index contributed by atoms with van der Waals surface area (Å²) in [5, 5.41) is 2.65. The second kappa shape index (κ2) is 3.48. The van der Waals surface area contributed by atoms with Gasteiger partial charge in [-0.05, 0) is 0 Å². The minimum absolute atomic E-state index is 0.167. The van der Waals surface area contributed by atoms with Gasteiger partial charge in [0.2, 0.25) is 0 Å². The summed E-state index contributed by atoms with van der Waals surface area (Å²) in [6.45, 7) is 7.40. The lowest BCUT2D eigenvalue weighted by molar-refractivity contribution is -0.0646. The van der Waals surface area contributed by atoms with Gasteiger partial charge in [-0.15, -0.1) is 0 Å². The fraction of sp³-hybridized carbons (Fsp3) is 1.00. The molecule has 68 valence electrons. The normalized spacial score (nSPS) is 25.6. The molecule has 0 aliphatic carbocycles. The number of hydrogen-bond acceptors (Lipinski definition) is 1. The Bertz CT molecular complexity index is 107. The summed E-state index contributed by atoms with van der Waals surface area (Å²) in [5.41, 5.74) is -0.854. The van der Waals surface area contributed by atoms with Crippen LogP contribution in [0.2, 0.25) is 0 Å². The van der Waals surface area contributed by atoms with Crippen molar-refractivity contribution >= 4 is 0 Å². The first-order chi connectivity index (χ1) is 4.96. The zero-order valence-electron chi connectivity index (χ0n) is 7.67. The van der Waals surface area contributed by atoms with Crippen LogP contribution in [-0.4, -0.2) is 19.0 Å². The van der Waals surface area contributed by atoms with E-state index in [2.05, 4.69) is 5.32 Å².